The van der Waals surface area contributed by atoms with Crippen molar-refractivity contribution in [3.63, 3.8) is 0 Å². The highest BCUT2D eigenvalue weighted by Crippen LogP contribution is 2.39. The van der Waals surface area contributed by atoms with Gasteiger partial charge < -0.3 is 0 Å². The van der Waals surface area contributed by atoms with Crippen LogP contribution in [0.1, 0.15) is 85.2 Å². The van der Waals surface area contributed by atoms with Crippen LogP contribution in [0.5, 0.6) is 0 Å². The molecule has 2 fully saturated rings. The van der Waals surface area contributed by atoms with Gasteiger partial charge in [-0.2, -0.15) is 4.57 Å². The Morgan fingerprint density at radius 2 is 1.55 bits per heavy atom. The van der Waals surface area contributed by atoms with Crippen molar-refractivity contribution in [2.45, 2.75) is 84.5 Å². The summed E-state index contributed by atoms with van der Waals surface area (Å²) in [6.45, 7) is 6.87. The van der Waals surface area contributed by atoms with Gasteiger partial charge in [-0.1, -0.05) is 56.7 Å². The molecule has 3 aromatic rings. The van der Waals surface area contributed by atoms with E-state index in [0.717, 1.165) is 11.8 Å². The molecule has 0 radical (unpaired) electrons. The molecule has 31 heavy (non-hydrogen) atoms. The Balaban J connectivity index is 1.64. The third-order valence-electron chi connectivity index (χ3n) is 8.37. The predicted molar refractivity (Wildman–Crippen MR) is 132 cm³/mol. The largest absolute Gasteiger partial charge is 0.220 e. The van der Waals surface area contributed by atoms with Gasteiger partial charge in [-0.05, 0) is 84.7 Å². The first-order valence-electron chi connectivity index (χ1n) is 12.5. The maximum atomic E-state index is 2.53. The Kier molecular flexibility index (Phi) is 5.63. The van der Waals surface area contributed by atoms with Gasteiger partial charge in [0.15, 0.2) is 5.69 Å². The van der Waals surface area contributed by atoms with Gasteiger partial charge in [-0.25, -0.2) is 0 Å². The molecule has 2 aliphatic rings. The van der Waals surface area contributed by atoms with Crippen LogP contribution in [0.15, 0.2) is 36.4 Å². The average molecular weight is 413 g/mol. The minimum Gasteiger partial charge on any atom is -0.198 e. The van der Waals surface area contributed by atoms with E-state index >= 15 is 0 Å². The SMILES string of the molecule is Cc1cc(C2CCCC2)cc(-c2c3ccc(CC4CCCC4)cc3cc(C)[n+]2C)c1C. The lowest BCUT2D eigenvalue weighted by atomic mass is 9.88. The number of hydrogen-bond donors (Lipinski definition) is 0. The second-order valence-electron chi connectivity index (χ2n) is 10.5. The Bertz CT molecular complexity index is 1110. The first-order valence-corrected chi connectivity index (χ1v) is 12.5. The number of hydrogen-bond acceptors (Lipinski definition) is 0. The van der Waals surface area contributed by atoms with E-state index < -0.39 is 0 Å². The number of fused-ring (bicyclic) bond motifs is 1. The lowest BCUT2D eigenvalue weighted by Crippen LogP contribution is -2.35. The van der Waals surface area contributed by atoms with Gasteiger partial charge in [0.25, 0.3) is 0 Å². The quantitative estimate of drug-likeness (QED) is 0.387. The minimum atomic E-state index is 0.748. The molecule has 0 saturated heterocycles. The van der Waals surface area contributed by atoms with Gasteiger partial charge in [-0.3, -0.25) is 0 Å². The summed E-state index contributed by atoms with van der Waals surface area (Å²) in [6, 6.07) is 14.7. The summed E-state index contributed by atoms with van der Waals surface area (Å²) in [7, 11) is 2.24. The van der Waals surface area contributed by atoms with E-state index in [1.807, 2.05) is 0 Å². The molecule has 2 aliphatic carbocycles. The van der Waals surface area contributed by atoms with Gasteiger partial charge in [0.1, 0.15) is 7.05 Å². The minimum absolute atomic E-state index is 0.748. The van der Waals surface area contributed by atoms with Crippen molar-refractivity contribution in [3.05, 3.63) is 64.3 Å². The van der Waals surface area contributed by atoms with E-state index in [-0.39, 0.29) is 0 Å². The molecule has 0 amide bonds. The van der Waals surface area contributed by atoms with Gasteiger partial charge in [0.05, 0.1) is 10.9 Å². The van der Waals surface area contributed by atoms with Crippen molar-refractivity contribution in [2.24, 2.45) is 13.0 Å². The standard InChI is InChI=1S/C30H38N/c1-20-15-26(25-11-7-8-12-25)19-29(22(20)3)30-28-14-13-24(17-23-9-5-6-10-23)18-27(28)16-21(2)31(30)4/h13-16,18-19,23,25H,5-12,17H2,1-4H3/q+1. The summed E-state index contributed by atoms with van der Waals surface area (Å²) >= 11 is 0. The second kappa shape index (κ2) is 8.41. The maximum Gasteiger partial charge on any atom is 0.220 e. The average Bonchev–Trinajstić information content (AvgIpc) is 3.46. The van der Waals surface area contributed by atoms with Crippen molar-refractivity contribution < 1.29 is 4.57 Å². The van der Waals surface area contributed by atoms with Crippen molar-refractivity contribution in [2.75, 3.05) is 0 Å². The summed E-state index contributed by atoms with van der Waals surface area (Å²) in [6.07, 6.45) is 12.4. The smallest absolute Gasteiger partial charge is 0.198 e. The van der Waals surface area contributed by atoms with Crippen LogP contribution >= 0.6 is 0 Å². The lowest BCUT2D eigenvalue weighted by molar-refractivity contribution is -0.665. The molecule has 1 aromatic heterocycles. The van der Waals surface area contributed by atoms with E-state index in [2.05, 4.69) is 68.8 Å². The maximum absolute atomic E-state index is 2.53. The zero-order chi connectivity index (χ0) is 21.5. The molecule has 0 N–H and O–H groups in total. The molecule has 0 aliphatic heterocycles. The third kappa shape index (κ3) is 3.93. The van der Waals surface area contributed by atoms with Gasteiger partial charge in [-0.15, -0.1) is 0 Å². The summed E-state index contributed by atoms with van der Waals surface area (Å²) in [5, 5.41) is 2.80. The number of pyridine rings is 1. The second-order valence-corrected chi connectivity index (χ2v) is 10.5. The lowest BCUT2D eigenvalue weighted by Gasteiger charge is -2.17. The molecule has 0 bridgehead atoms. The first kappa shape index (κ1) is 20.7. The Labute approximate surface area is 188 Å². The number of aryl methyl sites for hydroxylation is 2. The molecule has 0 spiro atoms. The Morgan fingerprint density at radius 3 is 2.29 bits per heavy atom. The van der Waals surface area contributed by atoms with E-state index in [1.165, 1.54) is 102 Å². The fourth-order valence-corrected chi connectivity index (χ4v) is 6.25. The molecule has 2 saturated carbocycles. The van der Waals surface area contributed by atoms with Crippen LogP contribution in [-0.4, -0.2) is 0 Å². The molecular weight excluding hydrogens is 374 g/mol. The zero-order valence-electron chi connectivity index (χ0n) is 19.9. The van der Waals surface area contributed by atoms with Gasteiger partial charge in [0, 0.05) is 13.0 Å². The van der Waals surface area contributed by atoms with E-state index in [9.17, 15) is 0 Å². The Hall–Kier alpha value is -2.15. The highest BCUT2D eigenvalue weighted by Gasteiger charge is 2.24. The van der Waals surface area contributed by atoms with Crippen LogP contribution in [0.3, 0.4) is 0 Å². The third-order valence-corrected chi connectivity index (χ3v) is 8.37. The highest BCUT2D eigenvalue weighted by atomic mass is 14.9. The topological polar surface area (TPSA) is 3.88 Å². The van der Waals surface area contributed by atoms with Crippen LogP contribution in [0.4, 0.5) is 0 Å². The number of aromatic nitrogens is 1. The number of rotatable bonds is 4. The van der Waals surface area contributed by atoms with Crippen molar-refractivity contribution in [1.29, 1.82) is 0 Å². The van der Waals surface area contributed by atoms with E-state index in [0.29, 0.717) is 0 Å². The monoisotopic (exact) mass is 412 g/mol. The predicted octanol–water partition coefficient (Wildman–Crippen LogP) is 7.65. The Morgan fingerprint density at radius 1 is 0.839 bits per heavy atom. The molecule has 0 atom stereocenters. The summed E-state index contributed by atoms with van der Waals surface area (Å²) in [5.41, 5.74) is 10.1. The number of nitrogens with zero attached hydrogens (tertiary/aromatic N) is 1. The van der Waals surface area contributed by atoms with Crippen LogP contribution < -0.4 is 4.57 Å². The molecule has 1 heterocycles. The highest BCUT2D eigenvalue weighted by molar-refractivity contribution is 5.94. The molecule has 2 aromatic carbocycles. The molecule has 0 unspecified atom stereocenters. The van der Waals surface area contributed by atoms with Crippen LogP contribution in [-0.2, 0) is 13.5 Å². The first-order chi connectivity index (χ1) is 15.0. The van der Waals surface area contributed by atoms with Crippen LogP contribution in [0.2, 0.25) is 0 Å². The van der Waals surface area contributed by atoms with Gasteiger partial charge in [0.2, 0.25) is 5.69 Å². The molecule has 1 nitrogen and oxygen atoms in total. The van der Waals surface area contributed by atoms with Crippen LogP contribution in [0.25, 0.3) is 22.0 Å². The molecule has 162 valence electrons. The van der Waals surface area contributed by atoms with E-state index in [1.54, 1.807) is 5.56 Å². The fraction of sp³-hybridized carbons (Fsp3) is 0.500. The summed E-state index contributed by atoms with van der Waals surface area (Å²) in [4.78, 5) is 0. The summed E-state index contributed by atoms with van der Waals surface area (Å²) < 4.78 is 2.42. The van der Waals surface area contributed by atoms with Crippen molar-refractivity contribution in [1.82, 2.24) is 0 Å². The van der Waals surface area contributed by atoms with Crippen LogP contribution in [0, 0.1) is 26.7 Å². The molecular formula is C30H38N+. The van der Waals surface area contributed by atoms with E-state index in [4.69, 9.17) is 0 Å². The van der Waals surface area contributed by atoms with Gasteiger partial charge >= 0.3 is 0 Å². The molecule has 5 rings (SSSR count). The molecule has 1 heteroatoms. The fourth-order valence-electron chi connectivity index (χ4n) is 6.25. The van der Waals surface area contributed by atoms with Crippen molar-refractivity contribution in [3.8, 4) is 11.3 Å². The number of benzene rings is 2. The zero-order valence-corrected chi connectivity index (χ0v) is 19.9. The summed E-state index contributed by atoms with van der Waals surface area (Å²) in [5.74, 6) is 1.64. The van der Waals surface area contributed by atoms with Crippen molar-refractivity contribution >= 4 is 10.8 Å². The normalized spacial score (nSPS) is 17.8.